The average molecular weight is 441 g/mol. The largest absolute Gasteiger partial charge is 0.105 e. The van der Waals surface area contributed by atoms with E-state index in [9.17, 15) is 0 Å². The quantitative estimate of drug-likeness (QED) is 0.222. The molecule has 7 atom stereocenters. The second-order valence-corrected chi connectivity index (χ2v) is 13.2. The Bertz CT molecular complexity index is 600. The molecule has 32 heavy (non-hydrogen) atoms. The van der Waals surface area contributed by atoms with E-state index < -0.39 is 0 Å². The van der Waals surface area contributed by atoms with Gasteiger partial charge in [0.2, 0.25) is 0 Å². The number of hydrogen-bond donors (Lipinski definition) is 0. The molecule has 0 N–H and O–H groups in total. The molecular formula is C31H57B. The van der Waals surface area contributed by atoms with Gasteiger partial charge in [0.05, 0.1) is 0 Å². The average Bonchev–Trinajstić information content (AvgIpc) is 2.98. The molecule has 0 aromatic rings. The van der Waals surface area contributed by atoms with E-state index in [1.54, 1.807) is 0 Å². The van der Waals surface area contributed by atoms with E-state index in [1.807, 2.05) is 0 Å². The van der Waals surface area contributed by atoms with Gasteiger partial charge in [-0.1, -0.05) is 97.3 Å². The minimum absolute atomic E-state index is 0.463. The zero-order valence-corrected chi connectivity index (χ0v) is 23.4. The predicted molar refractivity (Wildman–Crippen MR) is 148 cm³/mol. The normalized spacial score (nSPS) is 35.2. The van der Waals surface area contributed by atoms with E-state index in [2.05, 4.69) is 87.5 Å². The molecule has 2 rings (SSSR count). The van der Waals surface area contributed by atoms with Crippen LogP contribution in [0.5, 0.6) is 0 Å². The summed E-state index contributed by atoms with van der Waals surface area (Å²) in [5.74, 6) is 5.90. The second-order valence-electron chi connectivity index (χ2n) is 13.2. The van der Waals surface area contributed by atoms with Crippen molar-refractivity contribution in [3.63, 3.8) is 0 Å². The number of rotatable bonds is 11. The van der Waals surface area contributed by atoms with Gasteiger partial charge in [0.1, 0.15) is 7.85 Å². The molecule has 2 aliphatic rings. The van der Waals surface area contributed by atoms with Crippen molar-refractivity contribution in [1.29, 1.82) is 0 Å². The van der Waals surface area contributed by atoms with E-state index in [1.165, 1.54) is 64.2 Å². The Morgan fingerprint density at radius 2 is 1.69 bits per heavy atom. The van der Waals surface area contributed by atoms with Gasteiger partial charge < -0.3 is 0 Å². The van der Waals surface area contributed by atoms with Crippen LogP contribution in [0.4, 0.5) is 0 Å². The highest BCUT2D eigenvalue weighted by molar-refractivity contribution is 6.12. The first-order chi connectivity index (χ1) is 15.1. The van der Waals surface area contributed by atoms with E-state index in [-0.39, 0.29) is 0 Å². The molecule has 0 amide bonds. The summed E-state index contributed by atoms with van der Waals surface area (Å²) in [5.41, 5.74) is 1.03. The minimum Gasteiger partial charge on any atom is -0.0916 e. The first-order valence-electron chi connectivity index (χ1n) is 14.3. The molecular weight excluding hydrogens is 383 g/mol. The molecule has 7 unspecified atom stereocenters. The van der Waals surface area contributed by atoms with Crippen LogP contribution >= 0.6 is 0 Å². The van der Waals surface area contributed by atoms with Crippen molar-refractivity contribution >= 4 is 7.85 Å². The third-order valence-electron chi connectivity index (χ3n) is 10.3. The van der Waals surface area contributed by atoms with E-state index in [0.717, 1.165) is 41.3 Å². The van der Waals surface area contributed by atoms with Gasteiger partial charge in [-0.2, -0.15) is 0 Å². The molecule has 0 aliphatic heterocycles. The van der Waals surface area contributed by atoms with Gasteiger partial charge in [-0.3, -0.25) is 0 Å². The summed E-state index contributed by atoms with van der Waals surface area (Å²) >= 11 is 0. The fourth-order valence-corrected chi connectivity index (χ4v) is 7.97. The van der Waals surface area contributed by atoms with Crippen molar-refractivity contribution in [3.8, 4) is 0 Å². The Kier molecular flexibility index (Phi) is 10.7. The molecule has 1 heteroatoms. The molecule has 0 nitrogen and oxygen atoms in total. The van der Waals surface area contributed by atoms with Gasteiger partial charge in [0.15, 0.2) is 0 Å². The van der Waals surface area contributed by atoms with Crippen LogP contribution in [0.15, 0.2) is 24.3 Å². The molecule has 2 saturated carbocycles. The fraction of sp³-hybridized carbons (Fsp3) is 0.871. The summed E-state index contributed by atoms with van der Waals surface area (Å²) in [4.78, 5) is 0. The third-order valence-corrected chi connectivity index (χ3v) is 10.3. The molecule has 0 saturated heterocycles. The summed E-state index contributed by atoms with van der Waals surface area (Å²) in [5, 5.41) is 0. The summed E-state index contributed by atoms with van der Waals surface area (Å²) in [6.07, 6.45) is 23.8. The molecule has 0 aromatic carbocycles. The number of hydrogen-bond acceptors (Lipinski definition) is 0. The van der Waals surface area contributed by atoms with E-state index in [0.29, 0.717) is 10.8 Å². The maximum atomic E-state index is 2.67. The third kappa shape index (κ3) is 6.79. The van der Waals surface area contributed by atoms with Crippen molar-refractivity contribution in [1.82, 2.24) is 0 Å². The maximum Gasteiger partial charge on any atom is 0.105 e. The first kappa shape index (κ1) is 27.8. The first-order valence-corrected chi connectivity index (χ1v) is 14.3. The van der Waals surface area contributed by atoms with Crippen LogP contribution in [0, 0.1) is 46.3 Å². The minimum atomic E-state index is 0.463. The van der Waals surface area contributed by atoms with Crippen LogP contribution in [-0.4, -0.2) is 7.85 Å². The summed E-state index contributed by atoms with van der Waals surface area (Å²) in [6, 6.07) is 0. The molecule has 0 bridgehead atoms. The summed E-state index contributed by atoms with van der Waals surface area (Å²) in [6.45, 7) is 19.6. The van der Waals surface area contributed by atoms with Crippen LogP contribution in [0.25, 0.3) is 0 Å². The highest BCUT2D eigenvalue weighted by Crippen LogP contribution is 2.60. The topological polar surface area (TPSA) is 0 Å². The molecule has 0 heterocycles. The van der Waals surface area contributed by atoms with Crippen molar-refractivity contribution in [3.05, 3.63) is 24.3 Å². The van der Waals surface area contributed by atoms with Crippen LogP contribution in [0.3, 0.4) is 0 Å². The van der Waals surface area contributed by atoms with Gasteiger partial charge in [-0.15, -0.1) is 0 Å². The molecule has 0 aromatic heterocycles. The Labute approximate surface area is 203 Å². The molecule has 184 valence electrons. The SMILES string of the molecule is BC1CC(C(C)CCC2CCCCC2(C)C)C(C)(CC=CC)C1CCC(/C=C/C)C(C)C. The van der Waals surface area contributed by atoms with Gasteiger partial charge in [0, 0.05) is 0 Å². The van der Waals surface area contributed by atoms with Gasteiger partial charge >= 0.3 is 0 Å². The zero-order valence-electron chi connectivity index (χ0n) is 23.4. The second kappa shape index (κ2) is 12.3. The van der Waals surface area contributed by atoms with E-state index >= 15 is 0 Å². The molecule has 0 spiro atoms. The van der Waals surface area contributed by atoms with Crippen molar-refractivity contribution in [2.75, 3.05) is 0 Å². The lowest BCUT2D eigenvalue weighted by Crippen LogP contribution is -2.34. The lowest BCUT2D eigenvalue weighted by Gasteiger charge is -2.42. The maximum absolute atomic E-state index is 2.67. The van der Waals surface area contributed by atoms with Gasteiger partial charge in [-0.25, -0.2) is 0 Å². The Morgan fingerprint density at radius 3 is 2.28 bits per heavy atom. The Hall–Kier alpha value is -0.455. The highest BCUT2D eigenvalue weighted by atomic mass is 14.5. The summed E-state index contributed by atoms with van der Waals surface area (Å²) < 4.78 is 0. The summed E-state index contributed by atoms with van der Waals surface area (Å²) in [7, 11) is 2.58. The lowest BCUT2D eigenvalue weighted by molar-refractivity contribution is 0.0834. The smallest absolute Gasteiger partial charge is 0.0916 e. The molecule has 2 aliphatic carbocycles. The standard InChI is InChI=1S/C31H57B/c1-9-11-21-31(8)27(19-17-25(14-10-2)23(3)4)29(32)22-28(31)24(5)16-18-26-15-12-13-20-30(26,6)7/h9-11,14,23-29H,12-13,15-22,32H2,1-8H3/b11-9?,14-10+. The van der Waals surface area contributed by atoms with Crippen LogP contribution in [0.1, 0.15) is 120 Å². The van der Waals surface area contributed by atoms with Gasteiger partial charge in [0.25, 0.3) is 0 Å². The van der Waals surface area contributed by atoms with Crippen molar-refractivity contribution in [2.45, 2.75) is 125 Å². The lowest BCUT2D eigenvalue weighted by atomic mass is 9.62. The van der Waals surface area contributed by atoms with E-state index in [4.69, 9.17) is 0 Å². The van der Waals surface area contributed by atoms with Crippen LogP contribution in [0.2, 0.25) is 5.82 Å². The Balaban J connectivity index is 2.11. The van der Waals surface area contributed by atoms with Crippen molar-refractivity contribution < 1.29 is 0 Å². The monoisotopic (exact) mass is 440 g/mol. The van der Waals surface area contributed by atoms with Crippen molar-refractivity contribution in [2.24, 2.45) is 46.3 Å². The van der Waals surface area contributed by atoms with Crippen LogP contribution in [-0.2, 0) is 0 Å². The zero-order chi connectivity index (χ0) is 23.9. The molecule has 0 radical (unpaired) electrons. The fourth-order valence-electron chi connectivity index (χ4n) is 7.97. The van der Waals surface area contributed by atoms with Gasteiger partial charge in [-0.05, 0) is 98.7 Å². The Morgan fingerprint density at radius 1 is 0.969 bits per heavy atom. The highest BCUT2D eigenvalue weighted by Gasteiger charge is 2.50. The molecule has 2 fully saturated rings. The van der Waals surface area contributed by atoms with Crippen LogP contribution < -0.4 is 0 Å². The number of allylic oxidation sites excluding steroid dienone is 4. The predicted octanol–water partition coefficient (Wildman–Crippen LogP) is 9.28.